The highest BCUT2D eigenvalue weighted by Crippen LogP contribution is 2.19. The molecule has 114 valence electrons. The minimum Gasteiger partial charge on any atom is -0.383 e. The fourth-order valence-electron chi connectivity index (χ4n) is 2.47. The van der Waals surface area contributed by atoms with Crippen LogP contribution in [0.3, 0.4) is 0 Å². The highest BCUT2D eigenvalue weighted by Gasteiger charge is 2.20. The normalized spacial score (nSPS) is 13.7. The lowest BCUT2D eigenvalue weighted by atomic mass is 9.99. The largest absolute Gasteiger partial charge is 0.383 e. The number of carbonyl (C=O) groups is 2. The first-order chi connectivity index (χ1) is 10.2. The van der Waals surface area contributed by atoms with Crippen molar-refractivity contribution in [2.24, 2.45) is 0 Å². The fraction of sp³-hybridized carbons (Fsp3) is 0.500. The van der Waals surface area contributed by atoms with E-state index in [-0.39, 0.29) is 24.7 Å². The third kappa shape index (κ3) is 4.56. The van der Waals surface area contributed by atoms with Gasteiger partial charge in [0.15, 0.2) is 0 Å². The first-order valence-electron chi connectivity index (χ1n) is 7.31. The molecule has 0 saturated carbocycles. The minimum absolute atomic E-state index is 0.0476. The van der Waals surface area contributed by atoms with Crippen LogP contribution in [0, 0.1) is 0 Å². The maximum Gasteiger partial charge on any atom is 0.223 e. The van der Waals surface area contributed by atoms with Gasteiger partial charge in [0.2, 0.25) is 11.8 Å². The van der Waals surface area contributed by atoms with Gasteiger partial charge in [0, 0.05) is 39.6 Å². The molecule has 0 bridgehead atoms. The van der Waals surface area contributed by atoms with Crippen LogP contribution in [0.4, 0.5) is 0 Å². The zero-order valence-corrected chi connectivity index (χ0v) is 12.4. The van der Waals surface area contributed by atoms with Gasteiger partial charge in [0.25, 0.3) is 0 Å². The molecule has 2 rings (SSSR count). The molecule has 1 aromatic carbocycles. The molecule has 1 aromatic rings. The monoisotopic (exact) mass is 290 g/mol. The molecule has 1 aliphatic heterocycles. The standard InChI is InChI=1S/C16H22N2O3/c1-21-11-9-17-15(19)6-7-16(20)18-10-8-13-4-2-3-5-14(13)12-18/h2-5H,6-12H2,1H3,(H,17,19). The molecule has 0 aromatic heterocycles. The molecule has 0 radical (unpaired) electrons. The third-order valence-corrected chi connectivity index (χ3v) is 3.68. The number of nitrogens with one attached hydrogen (secondary N) is 1. The molecule has 0 aliphatic carbocycles. The summed E-state index contributed by atoms with van der Waals surface area (Å²) in [6.07, 6.45) is 1.39. The van der Waals surface area contributed by atoms with Crippen molar-refractivity contribution in [1.29, 1.82) is 0 Å². The van der Waals surface area contributed by atoms with Gasteiger partial charge >= 0.3 is 0 Å². The van der Waals surface area contributed by atoms with Crippen LogP contribution in [0.15, 0.2) is 24.3 Å². The van der Waals surface area contributed by atoms with Gasteiger partial charge in [-0.2, -0.15) is 0 Å². The number of carbonyl (C=O) groups excluding carboxylic acids is 2. The lowest BCUT2D eigenvalue weighted by Gasteiger charge is -2.28. The second-order valence-electron chi connectivity index (χ2n) is 5.18. The molecule has 2 amide bonds. The van der Waals surface area contributed by atoms with Crippen LogP contribution in [-0.4, -0.2) is 43.5 Å². The van der Waals surface area contributed by atoms with Crippen molar-refractivity contribution < 1.29 is 14.3 Å². The maximum absolute atomic E-state index is 12.2. The Bertz CT molecular complexity index is 502. The van der Waals surface area contributed by atoms with Gasteiger partial charge in [-0.25, -0.2) is 0 Å². The molecular weight excluding hydrogens is 268 g/mol. The molecule has 0 fully saturated rings. The zero-order chi connectivity index (χ0) is 15.1. The summed E-state index contributed by atoms with van der Waals surface area (Å²) in [5.41, 5.74) is 2.53. The summed E-state index contributed by atoms with van der Waals surface area (Å²) in [6.45, 7) is 2.37. The van der Waals surface area contributed by atoms with Crippen molar-refractivity contribution in [3.8, 4) is 0 Å². The average molecular weight is 290 g/mol. The van der Waals surface area contributed by atoms with Crippen LogP contribution in [-0.2, 0) is 27.3 Å². The van der Waals surface area contributed by atoms with Crippen LogP contribution < -0.4 is 5.32 Å². The summed E-state index contributed by atoms with van der Waals surface area (Å²) >= 11 is 0. The Morgan fingerprint density at radius 2 is 2.00 bits per heavy atom. The first kappa shape index (κ1) is 15.5. The van der Waals surface area contributed by atoms with Gasteiger partial charge in [0.05, 0.1) is 6.61 Å². The number of amides is 2. The van der Waals surface area contributed by atoms with Crippen LogP contribution >= 0.6 is 0 Å². The maximum atomic E-state index is 12.2. The van der Waals surface area contributed by atoms with E-state index in [0.29, 0.717) is 19.7 Å². The highest BCUT2D eigenvalue weighted by atomic mass is 16.5. The van der Waals surface area contributed by atoms with E-state index in [0.717, 1.165) is 13.0 Å². The third-order valence-electron chi connectivity index (χ3n) is 3.68. The molecule has 0 spiro atoms. The summed E-state index contributed by atoms with van der Waals surface area (Å²) < 4.78 is 4.86. The molecule has 0 saturated heterocycles. The number of hydrogen-bond donors (Lipinski definition) is 1. The fourth-order valence-corrected chi connectivity index (χ4v) is 2.47. The number of nitrogens with zero attached hydrogens (tertiary/aromatic N) is 1. The van der Waals surface area contributed by atoms with Gasteiger partial charge in [-0.1, -0.05) is 24.3 Å². The Morgan fingerprint density at radius 1 is 1.24 bits per heavy atom. The van der Waals surface area contributed by atoms with Gasteiger partial charge < -0.3 is 15.0 Å². The molecule has 0 unspecified atom stereocenters. The second kappa shape index (κ2) is 7.78. The van der Waals surface area contributed by atoms with E-state index in [2.05, 4.69) is 17.4 Å². The molecule has 5 nitrogen and oxygen atoms in total. The van der Waals surface area contributed by atoms with E-state index in [1.54, 1.807) is 7.11 Å². The Labute approximate surface area is 125 Å². The van der Waals surface area contributed by atoms with E-state index in [4.69, 9.17) is 4.74 Å². The second-order valence-corrected chi connectivity index (χ2v) is 5.18. The van der Waals surface area contributed by atoms with Crippen LogP contribution in [0.25, 0.3) is 0 Å². The Hall–Kier alpha value is -1.88. The van der Waals surface area contributed by atoms with Gasteiger partial charge in [-0.3, -0.25) is 9.59 Å². The number of ether oxygens (including phenoxy) is 1. The van der Waals surface area contributed by atoms with Crippen molar-refractivity contribution in [2.75, 3.05) is 26.8 Å². The molecule has 0 atom stereocenters. The lowest BCUT2D eigenvalue weighted by Crippen LogP contribution is -2.36. The summed E-state index contributed by atoms with van der Waals surface area (Å²) in [5, 5.41) is 2.72. The summed E-state index contributed by atoms with van der Waals surface area (Å²) in [6, 6.07) is 8.20. The molecule has 1 N–H and O–H groups in total. The van der Waals surface area contributed by atoms with Crippen molar-refractivity contribution in [2.45, 2.75) is 25.8 Å². The molecule has 1 aliphatic rings. The quantitative estimate of drug-likeness (QED) is 0.799. The van der Waals surface area contributed by atoms with E-state index >= 15 is 0 Å². The number of rotatable bonds is 6. The first-order valence-corrected chi connectivity index (χ1v) is 7.31. The van der Waals surface area contributed by atoms with Crippen molar-refractivity contribution in [1.82, 2.24) is 10.2 Å². The van der Waals surface area contributed by atoms with Gasteiger partial charge in [0.1, 0.15) is 0 Å². The van der Waals surface area contributed by atoms with Crippen LogP contribution in [0.2, 0.25) is 0 Å². The van der Waals surface area contributed by atoms with Crippen molar-refractivity contribution >= 4 is 11.8 Å². The summed E-state index contributed by atoms with van der Waals surface area (Å²) in [7, 11) is 1.59. The van der Waals surface area contributed by atoms with Gasteiger partial charge in [-0.05, 0) is 17.5 Å². The molecule has 1 heterocycles. The number of fused-ring (bicyclic) bond motifs is 1. The predicted octanol–water partition coefficient (Wildman–Crippen LogP) is 1.11. The van der Waals surface area contributed by atoms with E-state index < -0.39 is 0 Å². The Balaban J connectivity index is 1.76. The molecule has 5 heteroatoms. The highest BCUT2D eigenvalue weighted by molar-refractivity contribution is 5.83. The predicted molar refractivity (Wildman–Crippen MR) is 79.7 cm³/mol. The number of hydrogen-bond acceptors (Lipinski definition) is 3. The van der Waals surface area contributed by atoms with Crippen LogP contribution in [0.1, 0.15) is 24.0 Å². The van der Waals surface area contributed by atoms with Crippen molar-refractivity contribution in [3.05, 3.63) is 35.4 Å². The molecular formula is C16H22N2O3. The lowest BCUT2D eigenvalue weighted by molar-refractivity contribution is -0.134. The van der Waals surface area contributed by atoms with Crippen molar-refractivity contribution in [3.63, 3.8) is 0 Å². The van der Waals surface area contributed by atoms with Crippen LogP contribution in [0.5, 0.6) is 0 Å². The molecule has 21 heavy (non-hydrogen) atoms. The smallest absolute Gasteiger partial charge is 0.223 e. The van der Waals surface area contributed by atoms with E-state index in [9.17, 15) is 9.59 Å². The SMILES string of the molecule is COCCNC(=O)CCC(=O)N1CCc2ccccc2C1. The Kier molecular flexibility index (Phi) is 5.75. The van der Waals surface area contributed by atoms with Gasteiger partial charge in [-0.15, -0.1) is 0 Å². The summed E-state index contributed by atoms with van der Waals surface area (Å²) in [4.78, 5) is 25.6. The average Bonchev–Trinajstić information content (AvgIpc) is 2.52. The summed E-state index contributed by atoms with van der Waals surface area (Å²) in [5.74, 6) is -0.0517. The Morgan fingerprint density at radius 3 is 2.76 bits per heavy atom. The number of methoxy groups -OCH3 is 1. The van der Waals surface area contributed by atoms with E-state index in [1.165, 1.54) is 11.1 Å². The minimum atomic E-state index is -0.0993. The number of benzene rings is 1. The zero-order valence-electron chi connectivity index (χ0n) is 12.4. The topological polar surface area (TPSA) is 58.6 Å². The van der Waals surface area contributed by atoms with E-state index in [1.807, 2.05) is 17.0 Å².